The van der Waals surface area contributed by atoms with Crippen LogP contribution >= 0.6 is 0 Å². The SMILES string of the molecule is CN(CCCN1C(=O)c2ccccc2C1=O)C1CCCCC1. The summed E-state index contributed by atoms with van der Waals surface area (Å²) in [6.07, 6.45) is 7.42. The highest BCUT2D eigenvalue weighted by atomic mass is 16.2. The minimum Gasteiger partial charge on any atom is -0.303 e. The van der Waals surface area contributed by atoms with E-state index in [1.165, 1.54) is 37.0 Å². The number of hydrogen-bond acceptors (Lipinski definition) is 3. The Bertz CT molecular complexity index is 529. The van der Waals surface area contributed by atoms with E-state index in [9.17, 15) is 9.59 Å². The molecular formula is C18H24N2O2. The predicted octanol–water partition coefficient (Wildman–Crippen LogP) is 2.94. The molecule has 118 valence electrons. The molecule has 1 aromatic carbocycles. The van der Waals surface area contributed by atoms with Gasteiger partial charge in [0.1, 0.15) is 0 Å². The van der Waals surface area contributed by atoms with Crippen LogP contribution in [0.25, 0.3) is 0 Å². The quantitative estimate of drug-likeness (QED) is 0.785. The summed E-state index contributed by atoms with van der Waals surface area (Å²) in [5.41, 5.74) is 1.10. The molecule has 0 radical (unpaired) electrons. The molecule has 0 spiro atoms. The van der Waals surface area contributed by atoms with Crippen molar-refractivity contribution < 1.29 is 9.59 Å². The van der Waals surface area contributed by atoms with E-state index >= 15 is 0 Å². The maximum absolute atomic E-state index is 12.3. The lowest BCUT2D eigenvalue weighted by Crippen LogP contribution is -2.37. The van der Waals surface area contributed by atoms with Crippen LogP contribution in [0.4, 0.5) is 0 Å². The van der Waals surface area contributed by atoms with Crippen molar-refractivity contribution in [2.24, 2.45) is 0 Å². The van der Waals surface area contributed by atoms with E-state index < -0.39 is 0 Å². The van der Waals surface area contributed by atoms with Crippen LogP contribution in [0.1, 0.15) is 59.2 Å². The van der Waals surface area contributed by atoms with Crippen LogP contribution in [-0.2, 0) is 0 Å². The standard InChI is InChI=1S/C18H24N2O2/c1-19(14-8-3-2-4-9-14)12-7-13-20-17(21)15-10-5-6-11-16(15)18(20)22/h5-6,10-11,14H,2-4,7-9,12-13H2,1H3. The van der Waals surface area contributed by atoms with Crippen LogP contribution in [0.2, 0.25) is 0 Å². The van der Waals surface area contributed by atoms with Crippen LogP contribution in [0, 0.1) is 0 Å². The van der Waals surface area contributed by atoms with Gasteiger partial charge in [-0.2, -0.15) is 0 Å². The van der Waals surface area contributed by atoms with Crippen LogP contribution < -0.4 is 0 Å². The average Bonchev–Trinajstić information content (AvgIpc) is 2.81. The molecule has 0 N–H and O–H groups in total. The highest BCUT2D eigenvalue weighted by Gasteiger charge is 2.34. The van der Waals surface area contributed by atoms with Crippen molar-refractivity contribution >= 4 is 11.8 Å². The van der Waals surface area contributed by atoms with E-state index in [0.717, 1.165) is 13.0 Å². The smallest absolute Gasteiger partial charge is 0.261 e. The first-order valence-electron chi connectivity index (χ1n) is 8.34. The highest BCUT2D eigenvalue weighted by Crippen LogP contribution is 2.24. The molecule has 1 aliphatic heterocycles. The second-order valence-corrected chi connectivity index (χ2v) is 6.43. The molecule has 3 rings (SSSR count). The predicted molar refractivity (Wildman–Crippen MR) is 85.9 cm³/mol. The van der Waals surface area contributed by atoms with E-state index in [0.29, 0.717) is 23.7 Å². The van der Waals surface area contributed by atoms with Gasteiger partial charge in [0.05, 0.1) is 11.1 Å². The van der Waals surface area contributed by atoms with Crippen molar-refractivity contribution in [2.45, 2.75) is 44.6 Å². The van der Waals surface area contributed by atoms with Crippen LogP contribution in [0.15, 0.2) is 24.3 Å². The number of nitrogens with zero attached hydrogens (tertiary/aromatic N) is 2. The summed E-state index contributed by atoms with van der Waals surface area (Å²) in [5.74, 6) is -0.276. The highest BCUT2D eigenvalue weighted by molar-refractivity contribution is 6.21. The summed E-state index contributed by atoms with van der Waals surface area (Å²) >= 11 is 0. The van der Waals surface area contributed by atoms with Gasteiger partial charge in [-0.15, -0.1) is 0 Å². The Kier molecular flexibility index (Phi) is 4.57. The van der Waals surface area contributed by atoms with Crippen LogP contribution in [0.5, 0.6) is 0 Å². The molecule has 0 unspecified atom stereocenters. The Morgan fingerprint density at radius 1 is 1.05 bits per heavy atom. The first kappa shape index (κ1) is 15.2. The minimum atomic E-state index is -0.138. The summed E-state index contributed by atoms with van der Waals surface area (Å²) in [6.45, 7) is 1.46. The Morgan fingerprint density at radius 3 is 2.23 bits per heavy atom. The molecule has 0 aromatic heterocycles. The van der Waals surface area contributed by atoms with Crippen molar-refractivity contribution in [2.75, 3.05) is 20.1 Å². The Morgan fingerprint density at radius 2 is 1.64 bits per heavy atom. The minimum absolute atomic E-state index is 0.138. The molecule has 1 saturated carbocycles. The molecule has 4 nitrogen and oxygen atoms in total. The number of benzene rings is 1. The third-order valence-corrected chi connectivity index (χ3v) is 4.97. The lowest BCUT2D eigenvalue weighted by atomic mass is 9.94. The molecule has 2 amide bonds. The summed E-state index contributed by atoms with van der Waals surface area (Å²) in [4.78, 5) is 28.4. The maximum atomic E-state index is 12.3. The fraction of sp³-hybridized carbons (Fsp3) is 0.556. The molecule has 22 heavy (non-hydrogen) atoms. The molecule has 1 aliphatic carbocycles. The molecule has 1 aromatic rings. The largest absolute Gasteiger partial charge is 0.303 e. The molecule has 0 saturated heterocycles. The number of rotatable bonds is 5. The Balaban J connectivity index is 1.52. The van der Waals surface area contributed by atoms with Gasteiger partial charge in [-0.3, -0.25) is 14.5 Å². The zero-order chi connectivity index (χ0) is 15.5. The van der Waals surface area contributed by atoms with E-state index in [1.54, 1.807) is 12.1 Å². The van der Waals surface area contributed by atoms with Crippen molar-refractivity contribution in [3.05, 3.63) is 35.4 Å². The topological polar surface area (TPSA) is 40.6 Å². The number of hydrogen-bond donors (Lipinski definition) is 0. The van der Waals surface area contributed by atoms with Crippen molar-refractivity contribution in [1.82, 2.24) is 9.80 Å². The van der Waals surface area contributed by atoms with Gasteiger partial charge in [-0.1, -0.05) is 31.4 Å². The second-order valence-electron chi connectivity index (χ2n) is 6.43. The van der Waals surface area contributed by atoms with Crippen LogP contribution in [-0.4, -0.2) is 47.8 Å². The maximum Gasteiger partial charge on any atom is 0.261 e. The van der Waals surface area contributed by atoms with Gasteiger partial charge in [0, 0.05) is 12.6 Å². The van der Waals surface area contributed by atoms with Gasteiger partial charge in [0.2, 0.25) is 0 Å². The molecule has 2 aliphatic rings. The van der Waals surface area contributed by atoms with Gasteiger partial charge < -0.3 is 4.90 Å². The van der Waals surface area contributed by atoms with Crippen molar-refractivity contribution in [1.29, 1.82) is 0 Å². The fourth-order valence-corrected chi connectivity index (χ4v) is 3.62. The summed E-state index contributed by atoms with van der Waals surface area (Å²) in [7, 11) is 2.17. The fourth-order valence-electron chi connectivity index (χ4n) is 3.62. The van der Waals surface area contributed by atoms with Gasteiger partial charge in [0.25, 0.3) is 11.8 Å². The van der Waals surface area contributed by atoms with Crippen molar-refractivity contribution in [3.8, 4) is 0 Å². The third-order valence-electron chi connectivity index (χ3n) is 4.97. The van der Waals surface area contributed by atoms with E-state index in [2.05, 4.69) is 11.9 Å². The summed E-state index contributed by atoms with van der Waals surface area (Å²) in [5, 5.41) is 0. The number of fused-ring (bicyclic) bond motifs is 1. The van der Waals surface area contributed by atoms with Gasteiger partial charge in [0.15, 0.2) is 0 Å². The lowest BCUT2D eigenvalue weighted by Gasteiger charge is -2.31. The van der Waals surface area contributed by atoms with Gasteiger partial charge in [-0.25, -0.2) is 0 Å². The van der Waals surface area contributed by atoms with E-state index in [1.807, 2.05) is 12.1 Å². The molecule has 1 fully saturated rings. The molecule has 4 heteroatoms. The third kappa shape index (κ3) is 2.93. The number of carbonyl (C=O) groups is 2. The summed E-state index contributed by atoms with van der Waals surface area (Å²) in [6, 6.07) is 7.78. The van der Waals surface area contributed by atoms with Crippen molar-refractivity contribution in [3.63, 3.8) is 0 Å². The zero-order valence-electron chi connectivity index (χ0n) is 13.3. The second kappa shape index (κ2) is 6.61. The van der Waals surface area contributed by atoms with E-state index in [-0.39, 0.29) is 11.8 Å². The van der Waals surface area contributed by atoms with E-state index in [4.69, 9.17) is 0 Å². The Hall–Kier alpha value is -1.68. The zero-order valence-corrected chi connectivity index (χ0v) is 13.3. The van der Waals surface area contributed by atoms with Crippen LogP contribution in [0.3, 0.4) is 0 Å². The Labute approximate surface area is 132 Å². The monoisotopic (exact) mass is 300 g/mol. The molecule has 1 heterocycles. The van der Waals surface area contributed by atoms with Gasteiger partial charge in [-0.05, 0) is 45.0 Å². The first-order valence-corrected chi connectivity index (χ1v) is 8.34. The first-order chi connectivity index (χ1) is 10.7. The molecular weight excluding hydrogens is 276 g/mol. The number of amides is 2. The number of imide groups is 1. The number of carbonyl (C=O) groups excluding carboxylic acids is 2. The van der Waals surface area contributed by atoms with Gasteiger partial charge >= 0.3 is 0 Å². The molecule has 0 bridgehead atoms. The molecule has 0 atom stereocenters. The normalized spacial score (nSPS) is 19.1. The average molecular weight is 300 g/mol. The lowest BCUT2D eigenvalue weighted by molar-refractivity contribution is 0.0645. The summed E-state index contributed by atoms with van der Waals surface area (Å²) < 4.78 is 0.